The molecule has 0 heterocycles. The molecule has 3 N–H and O–H groups in total. The zero-order chi connectivity index (χ0) is 12.1. The van der Waals surface area contributed by atoms with Crippen LogP contribution in [-0.4, -0.2) is 18.0 Å². The van der Waals surface area contributed by atoms with Crippen molar-refractivity contribution in [3.8, 4) is 0 Å². The van der Waals surface area contributed by atoms with Crippen LogP contribution in [-0.2, 0) is 4.79 Å². The highest BCUT2D eigenvalue weighted by Crippen LogP contribution is 2.62. The summed E-state index contributed by atoms with van der Waals surface area (Å²) in [6, 6.07) is 0.380. The van der Waals surface area contributed by atoms with Gasteiger partial charge >= 0.3 is 0 Å². The highest BCUT2D eigenvalue weighted by molar-refractivity contribution is 5.85. The lowest BCUT2D eigenvalue weighted by atomic mass is 10.0. The number of carbonyl (C=O) groups excluding carboxylic acids is 1. The third-order valence-electron chi connectivity index (χ3n) is 5.21. The topological polar surface area (TPSA) is 55.1 Å². The lowest BCUT2D eigenvalue weighted by Gasteiger charge is -2.16. The number of nitrogens with two attached hydrogens (primary N) is 1. The zero-order valence-corrected chi connectivity index (χ0v) is 12.1. The van der Waals surface area contributed by atoms with Gasteiger partial charge in [-0.15, -0.1) is 12.4 Å². The Hall–Kier alpha value is -0.280. The van der Waals surface area contributed by atoms with Crippen LogP contribution in [0.1, 0.15) is 47.0 Å². The van der Waals surface area contributed by atoms with Gasteiger partial charge in [-0.2, -0.15) is 0 Å². The molecule has 100 valence electrons. The van der Waals surface area contributed by atoms with Gasteiger partial charge in [0.25, 0.3) is 0 Å². The number of nitrogens with one attached hydrogen (secondary N) is 1. The van der Waals surface area contributed by atoms with Gasteiger partial charge in [-0.05, 0) is 23.7 Å². The number of hydrogen-bond acceptors (Lipinski definition) is 2. The molecule has 0 aliphatic heterocycles. The molecule has 0 aromatic rings. The molecule has 2 aliphatic carbocycles. The van der Waals surface area contributed by atoms with Crippen LogP contribution >= 0.6 is 12.4 Å². The van der Waals surface area contributed by atoms with Gasteiger partial charge in [-0.1, -0.05) is 34.1 Å². The van der Waals surface area contributed by atoms with E-state index in [-0.39, 0.29) is 41.1 Å². The van der Waals surface area contributed by atoms with Crippen molar-refractivity contribution in [1.29, 1.82) is 0 Å². The third kappa shape index (κ3) is 2.19. The van der Waals surface area contributed by atoms with Gasteiger partial charge in [-0.25, -0.2) is 0 Å². The van der Waals surface area contributed by atoms with Gasteiger partial charge in [0.2, 0.25) is 5.91 Å². The van der Waals surface area contributed by atoms with Crippen LogP contribution in [0.3, 0.4) is 0 Å². The summed E-state index contributed by atoms with van der Waals surface area (Å²) >= 11 is 0. The molecule has 2 unspecified atom stereocenters. The summed E-state index contributed by atoms with van der Waals surface area (Å²) in [5.41, 5.74) is 6.38. The van der Waals surface area contributed by atoms with Crippen molar-refractivity contribution in [3.05, 3.63) is 0 Å². The van der Waals surface area contributed by atoms with E-state index in [2.05, 4.69) is 33.0 Å². The summed E-state index contributed by atoms with van der Waals surface area (Å²) in [6.07, 6.45) is 3.05. The van der Waals surface area contributed by atoms with Crippen molar-refractivity contribution in [1.82, 2.24) is 5.32 Å². The molecule has 0 bridgehead atoms. The summed E-state index contributed by atoms with van der Waals surface area (Å²) < 4.78 is 0. The quantitative estimate of drug-likeness (QED) is 0.799. The van der Waals surface area contributed by atoms with Crippen molar-refractivity contribution < 1.29 is 4.79 Å². The fourth-order valence-electron chi connectivity index (χ4n) is 3.12. The lowest BCUT2D eigenvalue weighted by molar-refractivity contribution is -0.125. The van der Waals surface area contributed by atoms with Crippen LogP contribution in [0.15, 0.2) is 0 Å². The van der Waals surface area contributed by atoms with E-state index < -0.39 is 0 Å². The Bertz CT molecular complexity index is 301. The van der Waals surface area contributed by atoms with E-state index in [1.165, 1.54) is 0 Å². The molecule has 2 rings (SSSR count). The van der Waals surface area contributed by atoms with Crippen molar-refractivity contribution >= 4 is 18.3 Å². The Morgan fingerprint density at radius 1 is 1.18 bits per heavy atom. The summed E-state index contributed by atoms with van der Waals surface area (Å²) in [5.74, 6) is 0.223. The maximum atomic E-state index is 12.1. The number of rotatable bonds is 2. The van der Waals surface area contributed by atoms with Gasteiger partial charge in [0, 0.05) is 12.1 Å². The summed E-state index contributed by atoms with van der Waals surface area (Å²) in [5, 5.41) is 3.19. The average Bonchev–Trinajstić information content (AvgIpc) is 2.57. The molecule has 0 aromatic carbocycles. The molecular formula is C13H25ClN2O. The molecule has 0 radical (unpaired) electrons. The highest BCUT2D eigenvalue weighted by Gasteiger charge is 2.65. The molecule has 0 aromatic heterocycles. The van der Waals surface area contributed by atoms with Crippen molar-refractivity contribution in [2.24, 2.45) is 22.5 Å². The lowest BCUT2D eigenvalue weighted by Crippen LogP contribution is -2.41. The predicted octanol–water partition coefficient (Wildman–Crippen LogP) is 2.09. The fraction of sp³-hybridized carbons (Fsp3) is 0.923. The SMILES string of the molecule is CC1(C)C(NC(=O)C2CCCC2N)C1(C)C.Cl. The second-order valence-corrected chi connectivity index (χ2v) is 6.59. The number of halogens is 1. The van der Waals surface area contributed by atoms with Gasteiger partial charge < -0.3 is 11.1 Å². The first-order chi connectivity index (χ1) is 7.28. The van der Waals surface area contributed by atoms with Crippen LogP contribution in [0.25, 0.3) is 0 Å². The zero-order valence-electron chi connectivity index (χ0n) is 11.2. The number of amides is 1. The Labute approximate surface area is 110 Å². The van der Waals surface area contributed by atoms with Crippen LogP contribution < -0.4 is 11.1 Å². The molecule has 2 fully saturated rings. The molecule has 4 heteroatoms. The largest absolute Gasteiger partial charge is 0.352 e. The van der Waals surface area contributed by atoms with Gasteiger partial charge in [-0.3, -0.25) is 4.79 Å². The van der Waals surface area contributed by atoms with E-state index in [0.717, 1.165) is 19.3 Å². The molecule has 1 amide bonds. The standard InChI is InChI=1S/C13H24N2O.ClH/c1-12(2)11(13(12,3)4)15-10(16)8-6-5-7-9(8)14;/h8-9,11H,5-7,14H2,1-4H3,(H,15,16);1H. The smallest absolute Gasteiger partial charge is 0.224 e. The van der Waals surface area contributed by atoms with Crippen LogP contribution in [0, 0.1) is 16.7 Å². The number of carbonyl (C=O) groups is 1. The van der Waals surface area contributed by atoms with E-state index in [9.17, 15) is 4.79 Å². The molecule has 2 aliphatic rings. The van der Waals surface area contributed by atoms with Crippen molar-refractivity contribution in [2.75, 3.05) is 0 Å². The highest BCUT2D eigenvalue weighted by atomic mass is 35.5. The normalized spacial score (nSPS) is 33.9. The molecule has 3 nitrogen and oxygen atoms in total. The Balaban J connectivity index is 0.00000144. The van der Waals surface area contributed by atoms with Crippen LogP contribution in [0.4, 0.5) is 0 Å². The first-order valence-corrected chi connectivity index (χ1v) is 6.34. The second-order valence-electron chi connectivity index (χ2n) is 6.59. The average molecular weight is 261 g/mol. The van der Waals surface area contributed by atoms with Gasteiger partial charge in [0.1, 0.15) is 0 Å². The van der Waals surface area contributed by atoms with Gasteiger partial charge in [0.05, 0.1) is 5.92 Å². The predicted molar refractivity (Wildman–Crippen MR) is 72.1 cm³/mol. The van der Waals surface area contributed by atoms with E-state index in [1.54, 1.807) is 0 Å². The van der Waals surface area contributed by atoms with Crippen molar-refractivity contribution in [3.63, 3.8) is 0 Å². The molecule has 2 saturated carbocycles. The molecule has 0 saturated heterocycles. The Kier molecular flexibility index (Phi) is 3.85. The monoisotopic (exact) mass is 260 g/mol. The Morgan fingerprint density at radius 3 is 2.06 bits per heavy atom. The third-order valence-corrected chi connectivity index (χ3v) is 5.21. The summed E-state index contributed by atoms with van der Waals surface area (Å²) in [4.78, 5) is 12.1. The number of hydrogen-bond donors (Lipinski definition) is 2. The molecular weight excluding hydrogens is 236 g/mol. The van der Waals surface area contributed by atoms with Crippen molar-refractivity contribution in [2.45, 2.75) is 59.0 Å². The maximum absolute atomic E-state index is 12.1. The Morgan fingerprint density at radius 2 is 1.71 bits per heavy atom. The molecule has 17 heavy (non-hydrogen) atoms. The van der Waals surface area contributed by atoms with Crippen LogP contribution in [0.5, 0.6) is 0 Å². The van der Waals surface area contributed by atoms with E-state index in [1.807, 2.05) is 0 Å². The molecule has 0 spiro atoms. The minimum Gasteiger partial charge on any atom is -0.352 e. The van der Waals surface area contributed by atoms with E-state index in [0.29, 0.717) is 6.04 Å². The summed E-state index contributed by atoms with van der Waals surface area (Å²) in [6.45, 7) is 8.86. The van der Waals surface area contributed by atoms with E-state index >= 15 is 0 Å². The summed E-state index contributed by atoms with van der Waals surface area (Å²) in [7, 11) is 0. The second kappa shape index (κ2) is 4.43. The van der Waals surface area contributed by atoms with Gasteiger partial charge in [0.15, 0.2) is 0 Å². The first-order valence-electron chi connectivity index (χ1n) is 6.34. The van der Waals surface area contributed by atoms with Crippen LogP contribution in [0.2, 0.25) is 0 Å². The fourth-order valence-corrected chi connectivity index (χ4v) is 3.12. The first kappa shape index (κ1) is 14.8. The minimum absolute atomic E-state index is 0. The molecule has 2 atom stereocenters. The maximum Gasteiger partial charge on any atom is 0.224 e. The van der Waals surface area contributed by atoms with E-state index in [4.69, 9.17) is 5.73 Å². The minimum atomic E-state index is 0.